The maximum atomic E-state index is 11.5. The highest BCUT2D eigenvalue weighted by Crippen LogP contribution is 2.28. The van der Waals surface area contributed by atoms with E-state index < -0.39 is 5.24 Å². The molecule has 2 aromatic carbocycles. The van der Waals surface area contributed by atoms with E-state index in [1.54, 1.807) is 19.2 Å². The van der Waals surface area contributed by atoms with E-state index in [1.807, 2.05) is 24.3 Å². The molecule has 1 N–H and O–H groups in total. The Morgan fingerprint density at radius 1 is 1.27 bits per heavy atom. The Bertz CT molecular complexity index is 843. The van der Waals surface area contributed by atoms with Gasteiger partial charge in [0.05, 0.1) is 18.2 Å². The van der Waals surface area contributed by atoms with Gasteiger partial charge in [-0.05, 0) is 41.4 Å². The molecule has 0 spiro atoms. The summed E-state index contributed by atoms with van der Waals surface area (Å²) in [5, 5.41) is -0.522. The van der Waals surface area contributed by atoms with E-state index in [4.69, 9.17) is 16.3 Å². The smallest absolute Gasteiger partial charge is 0.254 e. The van der Waals surface area contributed by atoms with Gasteiger partial charge in [0, 0.05) is 10.9 Å². The minimum atomic E-state index is -0.522. The lowest BCUT2D eigenvalue weighted by molar-refractivity contribution is 0.108. The number of imidazole rings is 1. The van der Waals surface area contributed by atoms with Crippen molar-refractivity contribution >= 4 is 43.8 Å². The van der Waals surface area contributed by atoms with Crippen LogP contribution in [-0.2, 0) is 6.42 Å². The average molecular weight is 380 g/mol. The summed E-state index contributed by atoms with van der Waals surface area (Å²) < 4.78 is 6.32. The van der Waals surface area contributed by atoms with Crippen LogP contribution in [0, 0.1) is 0 Å². The third-order valence-corrected chi connectivity index (χ3v) is 4.11. The van der Waals surface area contributed by atoms with Crippen molar-refractivity contribution < 1.29 is 9.53 Å². The van der Waals surface area contributed by atoms with E-state index in [-0.39, 0.29) is 0 Å². The van der Waals surface area contributed by atoms with Gasteiger partial charge in [0.2, 0.25) is 0 Å². The quantitative estimate of drug-likeness (QED) is 0.688. The van der Waals surface area contributed by atoms with Crippen molar-refractivity contribution in [2.45, 2.75) is 6.42 Å². The van der Waals surface area contributed by atoms with Gasteiger partial charge in [0.15, 0.2) is 0 Å². The fourth-order valence-electron chi connectivity index (χ4n) is 2.32. The number of nitrogens with zero attached hydrogens (tertiary/aromatic N) is 1. The summed E-state index contributed by atoms with van der Waals surface area (Å²) >= 11 is 9.04. The molecule has 0 unspecified atom stereocenters. The number of carbonyl (C=O) groups is 1. The number of methoxy groups -OCH3 is 1. The summed E-state index contributed by atoms with van der Waals surface area (Å²) in [5.41, 5.74) is 2.72. The second-order valence-corrected chi connectivity index (χ2v) is 6.06. The first-order valence-corrected chi connectivity index (χ1v) is 7.75. The largest absolute Gasteiger partial charge is 0.494 e. The predicted molar refractivity (Wildman–Crippen MR) is 89.8 cm³/mol. The number of hydrogen-bond acceptors (Lipinski definition) is 3. The van der Waals surface area contributed by atoms with Crippen LogP contribution in [0.15, 0.2) is 40.9 Å². The van der Waals surface area contributed by atoms with Gasteiger partial charge in [-0.1, -0.05) is 28.1 Å². The topological polar surface area (TPSA) is 55.0 Å². The van der Waals surface area contributed by atoms with Crippen molar-refractivity contribution in [3.63, 3.8) is 0 Å². The second-order valence-electron chi connectivity index (χ2n) is 4.80. The highest BCUT2D eigenvalue weighted by atomic mass is 79.9. The van der Waals surface area contributed by atoms with Crippen molar-refractivity contribution in [1.82, 2.24) is 9.97 Å². The Hall–Kier alpha value is -1.85. The number of carbonyl (C=O) groups excluding carboxylic acids is 1. The highest BCUT2D eigenvalue weighted by molar-refractivity contribution is 9.10. The maximum Gasteiger partial charge on any atom is 0.254 e. The Balaban J connectivity index is 2.06. The molecule has 112 valence electrons. The number of fused-ring (bicyclic) bond motifs is 1. The molecule has 0 radical (unpaired) electrons. The fourth-order valence-corrected chi connectivity index (χ4v) is 2.75. The molecule has 0 atom stereocenters. The molecule has 1 heterocycles. The molecule has 0 aliphatic rings. The van der Waals surface area contributed by atoms with Crippen LogP contribution in [0.25, 0.3) is 11.0 Å². The van der Waals surface area contributed by atoms with E-state index in [9.17, 15) is 4.79 Å². The summed E-state index contributed by atoms with van der Waals surface area (Å²) in [6.45, 7) is 0. The Labute approximate surface area is 140 Å². The molecular weight excluding hydrogens is 368 g/mol. The Morgan fingerprint density at radius 2 is 2.00 bits per heavy atom. The number of rotatable bonds is 4. The molecule has 0 aliphatic heterocycles. The van der Waals surface area contributed by atoms with Crippen molar-refractivity contribution in [2.75, 3.05) is 7.11 Å². The van der Waals surface area contributed by atoms with Gasteiger partial charge >= 0.3 is 0 Å². The SMILES string of the molecule is COc1ccc(C(=O)Cl)c2[nH]c(Cc3ccc(Br)cc3)nc12. The molecule has 0 aliphatic carbocycles. The molecule has 0 saturated carbocycles. The molecule has 3 aromatic rings. The fraction of sp³-hybridized carbons (Fsp3) is 0.125. The first-order valence-electron chi connectivity index (χ1n) is 6.58. The summed E-state index contributed by atoms with van der Waals surface area (Å²) in [5.74, 6) is 1.36. The van der Waals surface area contributed by atoms with E-state index >= 15 is 0 Å². The van der Waals surface area contributed by atoms with Crippen LogP contribution in [0.1, 0.15) is 21.7 Å². The van der Waals surface area contributed by atoms with Gasteiger partial charge in [0.1, 0.15) is 17.1 Å². The molecule has 0 fully saturated rings. The van der Waals surface area contributed by atoms with Crippen LogP contribution in [-0.4, -0.2) is 22.3 Å². The van der Waals surface area contributed by atoms with Gasteiger partial charge in [-0.15, -0.1) is 0 Å². The van der Waals surface area contributed by atoms with Crippen molar-refractivity contribution in [1.29, 1.82) is 0 Å². The van der Waals surface area contributed by atoms with E-state index in [0.29, 0.717) is 28.8 Å². The summed E-state index contributed by atoms with van der Waals surface area (Å²) in [7, 11) is 1.57. The number of hydrogen-bond donors (Lipinski definition) is 1. The average Bonchev–Trinajstić information content (AvgIpc) is 2.91. The lowest BCUT2D eigenvalue weighted by Crippen LogP contribution is -1.93. The molecule has 6 heteroatoms. The third-order valence-electron chi connectivity index (χ3n) is 3.37. The lowest BCUT2D eigenvalue weighted by Gasteiger charge is -2.02. The number of H-pyrrole nitrogens is 1. The molecule has 4 nitrogen and oxygen atoms in total. The zero-order valence-electron chi connectivity index (χ0n) is 11.7. The summed E-state index contributed by atoms with van der Waals surface area (Å²) in [4.78, 5) is 19.3. The number of ether oxygens (including phenoxy) is 1. The molecular formula is C16H12BrClN2O2. The molecule has 0 amide bonds. The van der Waals surface area contributed by atoms with Crippen molar-refractivity contribution in [2.24, 2.45) is 0 Å². The van der Waals surface area contributed by atoms with Gasteiger partial charge in [0.25, 0.3) is 5.24 Å². The van der Waals surface area contributed by atoms with Crippen LogP contribution in [0.3, 0.4) is 0 Å². The van der Waals surface area contributed by atoms with Gasteiger partial charge in [-0.3, -0.25) is 4.79 Å². The number of aromatic amines is 1. The second kappa shape index (κ2) is 6.10. The number of aromatic nitrogens is 2. The normalized spacial score (nSPS) is 10.9. The molecule has 0 saturated heterocycles. The van der Waals surface area contributed by atoms with Gasteiger partial charge < -0.3 is 9.72 Å². The minimum absolute atomic E-state index is 0.395. The third kappa shape index (κ3) is 2.87. The highest BCUT2D eigenvalue weighted by Gasteiger charge is 2.15. The zero-order valence-corrected chi connectivity index (χ0v) is 14.0. The molecule has 22 heavy (non-hydrogen) atoms. The molecule has 3 rings (SSSR count). The van der Waals surface area contributed by atoms with E-state index in [2.05, 4.69) is 25.9 Å². The minimum Gasteiger partial charge on any atom is -0.494 e. The van der Waals surface area contributed by atoms with Gasteiger partial charge in [-0.25, -0.2) is 4.98 Å². The first kappa shape index (κ1) is 15.1. The monoisotopic (exact) mass is 378 g/mol. The molecule has 0 bridgehead atoms. The van der Waals surface area contributed by atoms with E-state index in [1.165, 1.54) is 0 Å². The Kier molecular flexibility index (Phi) is 4.18. The van der Waals surface area contributed by atoms with Crippen LogP contribution < -0.4 is 4.74 Å². The standard InChI is InChI=1S/C16H12BrClN2O2/c1-22-12-7-6-11(16(18)21)14-15(12)20-13(19-14)8-9-2-4-10(17)5-3-9/h2-7H,8H2,1H3,(H,19,20). The van der Waals surface area contributed by atoms with Crippen LogP contribution in [0.4, 0.5) is 0 Å². The summed E-state index contributed by atoms with van der Waals surface area (Å²) in [6, 6.07) is 11.3. The number of halogens is 2. The number of benzene rings is 2. The van der Waals surface area contributed by atoms with Crippen molar-refractivity contribution in [3.05, 3.63) is 57.8 Å². The predicted octanol–water partition coefficient (Wildman–Crippen LogP) is 4.30. The van der Waals surface area contributed by atoms with Crippen LogP contribution >= 0.6 is 27.5 Å². The molecule has 1 aromatic heterocycles. The van der Waals surface area contributed by atoms with Crippen LogP contribution in [0.5, 0.6) is 5.75 Å². The van der Waals surface area contributed by atoms with Crippen molar-refractivity contribution in [3.8, 4) is 5.75 Å². The summed E-state index contributed by atoms with van der Waals surface area (Å²) in [6.07, 6.45) is 0.626. The number of nitrogens with one attached hydrogen (secondary N) is 1. The van der Waals surface area contributed by atoms with Crippen LogP contribution in [0.2, 0.25) is 0 Å². The maximum absolute atomic E-state index is 11.5. The lowest BCUT2D eigenvalue weighted by atomic mass is 10.1. The van der Waals surface area contributed by atoms with Gasteiger partial charge in [-0.2, -0.15) is 0 Å². The Morgan fingerprint density at radius 3 is 2.64 bits per heavy atom. The van der Waals surface area contributed by atoms with E-state index in [0.717, 1.165) is 15.9 Å². The first-order chi connectivity index (χ1) is 10.6. The zero-order chi connectivity index (χ0) is 15.7.